The van der Waals surface area contributed by atoms with Gasteiger partial charge in [0.25, 0.3) is 0 Å². The van der Waals surface area contributed by atoms with E-state index in [4.69, 9.17) is 11.5 Å². The third-order valence-electron chi connectivity index (χ3n) is 1.15. The van der Waals surface area contributed by atoms with Crippen LogP contribution in [-0.2, 0) is 4.79 Å². The SMILES string of the molecule is C#CCC(NC(=O)NC)C(=O)O. The van der Waals surface area contributed by atoms with Crippen molar-refractivity contribution >= 4 is 12.0 Å². The molecule has 5 nitrogen and oxygen atoms in total. The predicted octanol–water partition coefficient (Wildman–Crippen LogP) is -0.608. The van der Waals surface area contributed by atoms with E-state index >= 15 is 0 Å². The van der Waals surface area contributed by atoms with Crippen LogP contribution in [0.25, 0.3) is 0 Å². The van der Waals surface area contributed by atoms with Crippen LogP contribution in [-0.4, -0.2) is 30.2 Å². The summed E-state index contributed by atoms with van der Waals surface area (Å²) in [5.74, 6) is 1.01. The molecule has 0 rings (SSSR count). The first-order chi connectivity index (χ1) is 5.61. The van der Waals surface area contributed by atoms with Crippen LogP contribution in [0.2, 0.25) is 0 Å². The number of hydrogen-bond donors (Lipinski definition) is 3. The van der Waals surface area contributed by atoms with Gasteiger partial charge in [0, 0.05) is 13.5 Å². The summed E-state index contributed by atoms with van der Waals surface area (Å²) in [4.78, 5) is 21.1. The summed E-state index contributed by atoms with van der Waals surface area (Å²) in [6, 6.07) is -1.58. The molecule has 0 saturated carbocycles. The number of carboxylic acids is 1. The zero-order valence-corrected chi connectivity index (χ0v) is 6.63. The van der Waals surface area contributed by atoms with E-state index in [9.17, 15) is 9.59 Å². The van der Waals surface area contributed by atoms with E-state index < -0.39 is 18.0 Å². The third-order valence-corrected chi connectivity index (χ3v) is 1.15. The average molecular weight is 170 g/mol. The number of urea groups is 1. The summed E-state index contributed by atoms with van der Waals surface area (Å²) in [6.45, 7) is 0. The molecule has 0 aromatic rings. The zero-order chi connectivity index (χ0) is 9.56. The lowest BCUT2D eigenvalue weighted by Crippen LogP contribution is -2.44. The number of carbonyl (C=O) groups is 2. The van der Waals surface area contributed by atoms with Crippen molar-refractivity contribution in [1.82, 2.24) is 10.6 Å². The van der Waals surface area contributed by atoms with Crippen molar-refractivity contribution in [3.63, 3.8) is 0 Å². The quantitative estimate of drug-likeness (QED) is 0.494. The fraction of sp³-hybridized carbons (Fsp3) is 0.429. The van der Waals surface area contributed by atoms with Crippen LogP contribution in [0.4, 0.5) is 4.79 Å². The third kappa shape index (κ3) is 3.46. The van der Waals surface area contributed by atoms with Crippen LogP contribution < -0.4 is 10.6 Å². The van der Waals surface area contributed by atoms with E-state index in [0.717, 1.165) is 0 Å². The number of aliphatic carboxylic acids is 1. The molecule has 0 fully saturated rings. The van der Waals surface area contributed by atoms with Gasteiger partial charge in [-0.15, -0.1) is 12.3 Å². The molecule has 1 unspecified atom stereocenters. The normalized spacial score (nSPS) is 11.0. The first-order valence-corrected chi connectivity index (χ1v) is 3.26. The summed E-state index contributed by atoms with van der Waals surface area (Å²) in [5.41, 5.74) is 0. The van der Waals surface area contributed by atoms with Crippen LogP contribution >= 0.6 is 0 Å². The minimum absolute atomic E-state index is 0.0250. The van der Waals surface area contributed by atoms with Crippen LogP contribution in [0.5, 0.6) is 0 Å². The van der Waals surface area contributed by atoms with Gasteiger partial charge in [-0.05, 0) is 0 Å². The van der Waals surface area contributed by atoms with Crippen molar-refractivity contribution in [3.05, 3.63) is 0 Å². The minimum atomic E-state index is -1.14. The van der Waals surface area contributed by atoms with Crippen molar-refractivity contribution in [1.29, 1.82) is 0 Å². The van der Waals surface area contributed by atoms with E-state index in [1.807, 2.05) is 0 Å². The van der Waals surface area contributed by atoms with Gasteiger partial charge in [0.1, 0.15) is 6.04 Å². The second kappa shape index (κ2) is 5.02. The Hall–Kier alpha value is -1.70. The largest absolute Gasteiger partial charge is 0.480 e. The number of amides is 2. The number of nitrogens with one attached hydrogen (secondary N) is 2. The van der Waals surface area contributed by atoms with Gasteiger partial charge in [-0.3, -0.25) is 0 Å². The highest BCUT2D eigenvalue weighted by Gasteiger charge is 2.17. The van der Waals surface area contributed by atoms with Crippen LogP contribution in [0, 0.1) is 12.3 Å². The zero-order valence-electron chi connectivity index (χ0n) is 6.63. The molecule has 66 valence electrons. The molecule has 0 saturated heterocycles. The van der Waals surface area contributed by atoms with Gasteiger partial charge < -0.3 is 15.7 Å². The van der Waals surface area contributed by atoms with Gasteiger partial charge in [-0.2, -0.15) is 0 Å². The van der Waals surface area contributed by atoms with Crippen molar-refractivity contribution < 1.29 is 14.7 Å². The highest BCUT2D eigenvalue weighted by Crippen LogP contribution is 1.89. The van der Waals surface area contributed by atoms with Gasteiger partial charge in [-0.1, -0.05) is 0 Å². The van der Waals surface area contributed by atoms with E-state index in [2.05, 4.69) is 16.6 Å². The van der Waals surface area contributed by atoms with Gasteiger partial charge in [0.05, 0.1) is 0 Å². The number of carboxylic acid groups (broad SMARTS) is 1. The molecule has 0 spiro atoms. The molecule has 0 radical (unpaired) electrons. The maximum absolute atomic E-state index is 10.6. The van der Waals surface area contributed by atoms with Crippen molar-refractivity contribution in [2.24, 2.45) is 0 Å². The second-order valence-corrected chi connectivity index (χ2v) is 2.02. The van der Waals surface area contributed by atoms with E-state index in [1.165, 1.54) is 7.05 Å². The molecule has 0 aliphatic heterocycles. The van der Waals surface area contributed by atoms with E-state index in [-0.39, 0.29) is 6.42 Å². The molecular weight excluding hydrogens is 160 g/mol. The Labute approximate surface area is 70.1 Å². The Kier molecular flexibility index (Phi) is 4.31. The molecular formula is C7H10N2O3. The minimum Gasteiger partial charge on any atom is -0.480 e. The maximum Gasteiger partial charge on any atom is 0.327 e. The molecule has 0 aromatic heterocycles. The smallest absolute Gasteiger partial charge is 0.327 e. The molecule has 0 aliphatic rings. The summed E-state index contributed by atoms with van der Waals surface area (Å²) in [6.07, 6.45) is 4.87. The van der Waals surface area contributed by atoms with Crippen LogP contribution in [0.3, 0.4) is 0 Å². The fourth-order valence-electron chi connectivity index (χ4n) is 0.548. The predicted molar refractivity (Wildman–Crippen MR) is 42.5 cm³/mol. The highest BCUT2D eigenvalue weighted by atomic mass is 16.4. The Balaban J connectivity index is 4.06. The monoisotopic (exact) mass is 170 g/mol. The Morgan fingerprint density at radius 3 is 2.58 bits per heavy atom. The lowest BCUT2D eigenvalue weighted by Gasteiger charge is -2.10. The summed E-state index contributed by atoms with van der Waals surface area (Å²) in [5, 5.41) is 12.9. The number of terminal acetylenes is 1. The second-order valence-electron chi connectivity index (χ2n) is 2.02. The molecule has 0 bridgehead atoms. The first-order valence-electron chi connectivity index (χ1n) is 3.26. The number of hydrogen-bond acceptors (Lipinski definition) is 2. The number of carbonyl (C=O) groups excluding carboxylic acids is 1. The van der Waals surface area contributed by atoms with Gasteiger partial charge in [-0.25, -0.2) is 9.59 Å². The molecule has 0 heterocycles. The molecule has 1 atom stereocenters. The van der Waals surface area contributed by atoms with Crippen LogP contribution in [0.15, 0.2) is 0 Å². The van der Waals surface area contributed by atoms with Crippen molar-refractivity contribution in [2.75, 3.05) is 7.05 Å². The maximum atomic E-state index is 10.6. The van der Waals surface area contributed by atoms with Crippen LogP contribution in [0.1, 0.15) is 6.42 Å². The summed E-state index contributed by atoms with van der Waals surface area (Å²) in [7, 11) is 1.39. The van der Waals surface area contributed by atoms with Crippen molar-refractivity contribution in [3.8, 4) is 12.3 Å². The molecule has 0 aromatic carbocycles. The fourth-order valence-corrected chi connectivity index (χ4v) is 0.548. The molecule has 2 amide bonds. The van der Waals surface area contributed by atoms with Gasteiger partial charge in [0.2, 0.25) is 0 Å². The standard InChI is InChI=1S/C7H10N2O3/c1-3-4-5(6(10)11)9-7(12)8-2/h1,5H,4H2,2H3,(H,10,11)(H2,8,9,12). The Bertz CT molecular complexity index is 219. The van der Waals surface area contributed by atoms with E-state index in [1.54, 1.807) is 0 Å². The molecule has 0 aliphatic carbocycles. The van der Waals surface area contributed by atoms with Crippen molar-refractivity contribution in [2.45, 2.75) is 12.5 Å². The average Bonchev–Trinajstić information content (AvgIpc) is 2.03. The molecule has 5 heteroatoms. The van der Waals surface area contributed by atoms with Gasteiger partial charge >= 0.3 is 12.0 Å². The summed E-state index contributed by atoms with van der Waals surface area (Å²) < 4.78 is 0. The molecule has 12 heavy (non-hydrogen) atoms. The van der Waals surface area contributed by atoms with E-state index in [0.29, 0.717) is 0 Å². The highest BCUT2D eigenvalue weighted by molar-refractivity contribution is 5.82. The lowest BCUT2D eigenvalue weighted by molar-refractivity contribution is -0.139. The first kappa shape index (κ1) is 10.3. The lowest BCUT2D eigenvalue weighted by atomic mass is 10.2. The summed E-state index contributed by atoms with van der Waals surface area (Å²) >= 11 is 0. The Morgan fingerprint density at radius 2 is 2.25 bits per heavy atom. The van der Waals surface area contributed by atoms with Gasteiger partial charge in [0.15, 0.2) is 0 Å². The number of rotatable bonds is 3. The topological polar surface area (TPSA) is 78.4 Å². The molecule has 3 N–H and O–H groups in total. The Morgan fingerprint density at radius 1 is 1.67 bits per heavy atom.